The first-order valence-corrected chi connectivity index (χ1v) is 24.4. The minimum atomic E-state index is -1.19. The topological polar surface area (TPSA) is 188 Å². The van der Waals surface area contributed by atoms with Crippen LogP contribution in [0.2, 0.25) is 0 Å². The second kappa shape index (κ2) is 22.2. The van der Waals surface area contributed by atoms with E-state index in [-0.39, 0.29) is 63.4 Å². The maximum Gasteiger partial charge on any atom is 0.324 e. The van der Waals surface area contributed by atoms with Crippen LogP contribution in [0.4, 0.5) is 4.79 Å². The Hall–Kier alpha value is -6.30. The molecule has 17 heteroatoms. The smallest absolute Gasteiger partial charge is 0.324 e. The number of aryl methyl sites for hydroxylation is 1. The van der Waals surface area contributed by atoms with Crippen molar-refractivity contribution in [2.24, 2.45) is 11.3 Å². The van der Waals surface area contributed by atoms with Gasteiger partial charge in [-0.1, -0.05) is 46.4 Å². The lowest BCUT2D eigenvalue weighted by molar-refractivity contribution is -0.155. The minimum absolute atomic E-state index is 0.0168. The lowest BCUT2D eigenvalue weighted by Gasteiger charge is -2.43. The molecule has 2 aromatic heterocycles. The first-order valence-electron chi connectivity index (χ1n) is 24.4. The number of piperazine rings is 1. The van der Waals surface area contributed by atoms with E-state index in [1.807, 2.05) is 32.0 Å². The predicted octanol–water partition coefficient (Wildman–Crippen LogP) is 5.35. The number of nitrogens with zero attached hydrogens (tertiary/aromatic N) is 6. The van der Waals surface area contributed by atoms with E-state index in [1.165, 1.54) is 23.1 Å². The predicted molar refractivity (Wildman–Crippen MR) is 266 cm³/mol. The molecule has 6 bridgehead atoms. The number of amides is 5. The third-order valence-corrected chi connectivity index (χ3v) is 13.7. The Kier molecular flexibility index (Phi) is 16.3. The van der Waals surface area contributed by atoms with Gasteiger partial charge in [-0.25, -0.2) is 10.2 Å². The number of phenols is 1. The second-order valence-electron chi connectivity index (χ2n) is 19.8. The van der Waals surface area contributed by atoms with Gasteiger partial charge in [0, 0.05) is 94.9 Å². The fraction of sp³-hybridized carbons (Fsp3) is 0.509. The van der Waals surface area contributed by atoms with Crippen molar-refractivity contribution in [3.05, 3.63) is 84.2 Å². The summed E-state index contributed by atoms with van der Waals surface area (Å²) in [5, 5.41) is 16.8. The fourth-order valence-corrected chi connectivity index (χ4v) is 10.4. The van der Waals surface area contributed by atoms with Crippen LogP contribution in [0.25, 0.3) is 33.3 Å². The van der Waals surface area contributed by atoms with Gasteiger partial charge in [0.25, 0.3) is 5.91 Å². The monoisotopic (exact) mass is 963 g/mol. The molecule has 3 aliphatic heterocycles. The Labute approximate surface area is 411 Å². The Morgan fingerprint density at radius 2 is 1.86 bits per heavy atom. The van der Waals surface area contributed by atoms with Gasteiger partial charge in [-0.2, -0.15) is 0 Å². The number of hydrogen-bond acceptors (Lipinski definition) is 11. The number of urea groups is 1. The SMILES string of the molecule is C=CC(=O)N1CCN(C(=O)N(C)[C@H](C(=O)N[C@H]2Cc3cc(O)cc(c3)-c3ccc4c(c3)c(c(-c3cccnc3CCOC)n4CC)CC(C)(C)COC(=O)[C@@H]3CCCN(N3)C2=O)C(C)C)C[C@@H]1COC. The number of phenolic OH excluding ortho intramolecular Hbond substituents is 1. The van der Waals surface area contributed by atoms with E-state index in [0.717, 1.165) is 39.0 Å². The lowest BCUT2D eigenvalue weighted by atomic mass is 9.84. The summed E-state index contributed by atoms with van der Waals surface area (Å²) in [6.07, 6.45) is 5.12. The van der Waals surface area contributed by atoms with Crippen LogP contribution >= 0.6 is 0 Å². The fourth-order valence-electron chi connectivity index (χ4n) is 10.4. The number of rotatable bonds is 12. The van der Waals surface area contributed by atoms with Crippen LogP contribution in [0.15, 0.2) is 67.4 Å². The van der Waals surface area contributed by atoms with Gasteiger partial charge >= 0.3 is 12.0 Å². The number of nitrogens with one attached hydrogen (secondary N) is 2. The highest BCUT2D eigenvalue weighted by Crippen LogP contribution is 2.41. The zero-order valence-corrected chi connectivity index (χ0v) is 42.0. The van der Waals surface area contributed by atoms with E-state index in [1.54, 1.807) is 42.3 Å². The Bertz CT molecular complexity index is 2590. The number of cyclic esters (lactones) is 1. The minimum Gasteiger partial charge on any atom is -0.508 e. The van der Waals surface area contributed by atoms with Gasteiger partial charge in [0.2, 0.25) is 11.8 Å². The number of hydrazine groups is 1. The molecule has 5 heterocycles. The first-order chi connectivity index (χ1) is 33.5. The molecule has 4 atom stereocenters. The normalized spacial score (nSPS) is 20.2. The molecule has 0 aliphatic carbocycles. The van der Waals surface area contributed by atoms with Crippen molar-refractivity contribution in [1.29, 1.82) is 0 Å². The van der Waals surface area contributed by atoms with Crippen LogP contribution in [-0.4, -0.2) is 156 Å². The molecule has 2 saturated heterocycles. The maximum absolute atomic E-state index is 14.8. The summed E-state index contributed by atoms with van der Waals surface area (Å²) < 4.78 is 19.3. The summed E-state index contributed by atoms with van der Waals surface area (Å²) in [6, 6.07) is 11.7. The average molecular weight is 963 g/mol. The highest BCUT2D eigenvalue weighted by atomic mass is 16.5. The summed E-state index contributed by atoms with van der Waals surface area (Å²) in [4.78, 5) is 79.7. The van der Waals surface area contributed by atoms with E-state index in [0.29, 0.717) is 50.0 Å². The van der Waals surface area contributed by atoms with Crippen LogP contribution in [0, 0.1) is 11.3 Å². The van der Waals surface area contributed by atoms with Crippen molar-refractivity contribution in [1.82, 2.24) is 40.0 Å². The number of benzene rings is 2. The standard InChI is InChI=1S/C53H70N8O9/c1-10-46(63)60-22-21-58(30-37(60)31-69-9)52(67)57(7)47(33(3)4)49(64)55-44-26-34-24-36(27-38(62)25-34)35-16-17-45-40(28-35)41(48(59(45)11-2)39-14-12-19-54-42(39)18-23-68-8)29-53(5,6)32-70-51(66)43-15-13-20-61(56-43)50(44)65/h10,12,14,16-17,19,24-25,27-28,33,37,43-44,47,56,62H,1,11,13,15,18,20-23,26,29-32H2,2-9H3,(H,55,64)/t37-,43+,44+,47+/m1/s1. The molecule has 0 saturated carbocycles. The number of hydrogen-bond donors (Lipinski definition) is 3. The number of fused-ring (bicyclic) bond motifs is 6. The van der Waals surface area contributed by atoms with Gasteiger partial charge in [0.1, 0.15) is 23.9 Å². The van der Waals surface area contributed by atoms with Gasteiger partial charge in [-0.3, -0.25) is 29.2 Å². The summed E-state index contributed by atoms with van der Waals surface area (Å²) in [7, 11) is 4.77. The molecule has 3 N–H and O–H groups in total. The molecular formula is C53H70N8O9. The van der Waals surface area contributed by atoms with E-state index < -0.39 is 53.4 Å². The van der Waals surface area contributed by atoms with Gasteiger partial charge in [-0.15, -0.1) is 0 Å². The van der Waals surface area contributed by atoms with Crippen molar-refractivity contribution in [2.45, 2.75) is 97.4 Å². The first kappa shape index (κ1) is 51.5. The molecule has 0 spiro atoms. The van der Waals surface area contributed by atoms with E-state index >= 15 is 0 Å². The molecule has 3 aliphatic rings. The molecule has 0 unspecified atom stereocenters. The molecule has 7 rings (SSSR count). The van der Waals surface area contributed by atoms with Crippen LogP contribution < -0.4 is 10.7 Å². The molecular weight excluding hydrogens is 893 g/mol. The Balaban J connectivity index is 1.28. The highest BCUT2D eigenvalue weighted by molar-refractivity contribution is 5.96. The molecule has 0 radical (unpaired) electrons. The van der Waals surface area contributed by atoms with Crippen molar-refractivity contribution < 1.29 is 43.3 Å². The van der Waals surface area contributed by atoms with Crippen LogP contribution in [0.5, 0.6) is 5.75 Å². The number of aromatic hydroxyl groups is 1. The van der Waals surface area contributed by atoms with Gasteiger partial charge in [0.05, 0.1) is 37.3 Å². The number of ether oxygens (including phenoxy) is 3. The molecule has 376 valence electrons. The zero-order valence-electron chi connectivity index (χ0n) is 42.0. The Morgan fingerprint density at radius 3 is 2.57 bits per heavy atom. The van der Waals surface area contributed by atoms with Gasteiger partial charge < -0.3 is 43.9 Å². The third kappa shape index (κ3) is 11.2. The molecule has 4 aromatic rings. The number of likely N-dealkylation sites (N-methyl/N-ethyl adjacent to an activating group) is 1. The van der Waals surface area contributed by atoms with Crippen molar-refractivity contribution in [3.63, 3.8) is 0 Å². The molecule has 2 fully saturated rings. The van der Waals surface area contributed by atoms with Crippen molar-refractivity contribution >= 4 is 40.6 Å². The lowest BCUT2D eigenvalue weighted by Crippen LogP contribution is -2.63. The number of carbonyl (C=O) groups is 5. The number of esters is 1. The Morgan fingerprint density at radius 1 is 1.07 bits per heavy atom. The third-order valence-electron chi connectivity index (χ3n) is 13.7. The summed E-state index contributed by atoms with van der Waals surface area (Å²) in [5.41, 5.74) is 9.75. The van der Waals surface area contributed by atoms with Crippen LogP contribution in [0.3, 0.4) is 0 Å². The van der Waals surface area contributed by atoms with Crippen LogP contribution in [-0.2, 0) is 59.2 Å². The molecule has 70 heavy (non-hydrogen) atoms. The van der Waals surface area contributed by atoms with E-state index in [4.69, 9.17) is 19.2 Å². The highest BCUT2D eigenvalue weighted by Gasteiger charge is 2.40. The summed E-state index contributed by atoms with van der Waals surface area (Å²) >= 11 is 0. The van der Waals surface area contributed by atoms with Crippen LogP contribution in [0.1, 0.15) is 64.3 Å². The maximum atomic E-state index is 14.8. The van der Waals surface area contributed by atoms with Gasteiger partial charge in [-0.05, 0) is 96.8 Å². The average Bonchev–Trinajstić information content (AvgIpc) is 3.64. The van der Waals surface area contributed by atoms with Crippen molar-refractivity contribution in [2.75, 3.05) is 67.3 Å². The van der Waals surface area contributed by atoms with E-state index in [2.05, 4.69) is 60.9 Å². The summed E-state index contributed by atoms with van der Waals surface area (Å²) in [5.74, 6) is -2.19. The summed E-state index contributed by atoms with van der Waals surface area (Å²) in [6.45, 7) is 16.0. The number of carbonyl (C=O) groups excluding carboxylic acids is 5. The van der Waals surface area contributed by atoms with E-state index in [9.17, 15) is 29.1 Å². The van der Waals surface area contributed by atoms with Crippen molar-refractivity contribution in [3.8, 4) is 28.1 Å². The van der Waals surface area contributed by atoms with Gasteiger partial charge in [0.15, 0.2) is 0 Å². The second-order valence-corrected chi connectivity index (χ2v) is 19.8. The quantitative estimate of drug-likeness (QED) is 0.123. The largest absolute Gasteiger partial charge is 0.508 e. The molecule has 5 amide bonds. The zero-order chi connectivity index (χ0) is 50.4. The number of aromatic nitrogens is 2. The molecule has 2 aromatic carbocycles. The molecule has 17 nitrogen and oxygen atoms in total. The number of pyridine rings is 1. The number of methoxy groups -OCH3 is 2.